The number of rotatable bonds is 12. The molecule has 12 heteroatoms. The molecule has 1 unspecified atom stereocenters. The fourth-order valence-corrected chi connectivity index (χ4v) is 8.95. The first kappa shape index (κ1) is 43.5. The lowest BCUT2D eigenvalue weighted by molar-refractivity contribution is 0.0863. The Morgan fingerprint density at radius 3 is 2.53 bits per heavy atom. The van der Waals surface area contributed by atoms with Crippen molar-refractivity contribution < 1.29 is 14.2 Å². The molecule has 2 aliphatic heterocycles. The van der Waals surface area contributed by atoms with Crippen LogP contribution in [0.15, 0.2) is 66.9 Å². The molecule has 0 radical (unpaired) electrons. The second kappa shape index (κ2) is 20.3. The molecular weight excluding hydrogens is 760 g/mol. The highest BCUT2D eigenvalue weighted by atomic mass is 35.5. The normalized spacial score (nSPS) is 24.0. The van der Waals surface area contributed by atoms with E-state index in [9.17, 15) is 5.11 Å². The molecule has 4 aromatic rings. The van der Waals surface area contributed by atoms with Crippen LogP contribution >= 0.6 is 23.2 Å². The van der Waals surface area contributed by atoms with E-state index in [-0.39, 0.29) is 35.1 Å². The Morgan fingerprint density at radius 1 is 1.04 bits per heavy atom. The number of fused-ring (bicyclic) bond motifs is 2. The first-order valence-corrected chi connectivity index (χ1v) is 21.4. The Labute approximate surface area is 349 Å². The van der Waals surface area contributed by atoms with E-state index < -0.39 is 0 Å². The first-order chi connectivity index (χ1) is 27.4. The monoisotopic (exact) mass is 821 g/mol. The Bertz CT molecular complexity index is 1870. The van der Waals surface area contributed by atoms with Crippen LogP contribution in [-0.2, 0) is 26.6 Å². The van der Waals surface area contributed by atoms with E-state index in [1.165, 1.54) is 11.6 Å². The number of ether oxygens (including phenoxy) is 1. The van der Waals surface area contributed by atoms with Gasteiger partial charge in [0.1, 0.15) is 23.1 Å². The largest absolute Gasteiger partial charge is 0.457 e. The molecule has 0 aliphatic carbocycles. The third-order valence-electron chi connectivity index (χ3n) is 11.8. The third-order valence-corrected chi connectivity index (χ3v) is 12.3. The number of imidazole rings is 1. The fourth-order valence-electron chi connectivity index (χ4n) is 8.63. The van der Waals surface area contributed by atoms with Crippen LogP contribution in [0.25, 0.3) is 11.3 Å². The molecule has 2 saturated heterocycles. The van der Waals surface area contributed by atoms with E-state index >= 15 is 4.39 Å². The summed E-state index contributed by atoms with van der Waals surface area (Å²) in [5.74, 6) is 2.11. The van der Waals surface area contributed by atoms with Gasteiger partial charge in [0.2, 0.25) is 0 Å². The van der Waals surface area contributed by atoms with Crippen LogP contribution in [0.3, 0.4) is 0 Å². The summed E-state index contributed by atoms with van der Waals surface area (Å²) in [6.45, 7) is 10.7. The number of piperidine rings is 1. The summed E-state index contributed by atoms with van der Waals surface area (Å²) >= 11 is 12.7. The van der Waals surface area contributed by atoms with Crippen LogP contribution < -0.4 is 15.4 Å². The highest BCUT2D eigenvalue weighted by Crippen LogP contribution is 2.34. The van der Waals surface area contributed by atoms with E-state index in [1.807, 2.05) is 63.7 Å². The number of nitrogens with one attached hydrogen (secondary N) is 2. The minimum Gasteiger partial charge on any atom is -0.457 e. The quantitative estimate of drug-likeness (QED) is 0.133. The Balaban J connectivity index is 1.21. The van der Waals surface area contributed by atoms with Crippen LogP contribution in [0, 0.1) is 11.7 Å². The average molecular weight is 823 g/mol. The summed E-state index contributed by atoms with van der Waals surface area (Å²) in [6.07, 6.45) is 8.23. The average Bonchev–Trinajstić information content (AvgIpc) is 3.53. The number of hydrogen-bond acceptors (Lipinski definition) is 8. The van der Waals surface area contributed by atoms with Crippen molar-refractivity contribution in [2.75, 3.05) is 60.0 Å². The smallest absolute Gasteiger partial charge is 0.136 e. The Morgan fingerprint density at radius 2 is 1.81 bits per heavy atom. The molecule has 2 bridgehead atoms. The van der Waals surface area contributed by atoms with E-state index in [2.05, 4.69) is 60.9 Å². The number of aliphatic hydroxyl groups is 1. The number of hydrogen-bond donors (Lipinski definition) is 3. The van der Waals surface area contributed by atoms with Crippen LogP contribution in [0.2, 0.25) is 10.0 Å². The molecule has 9 nitrogen and oxygen atoms in total. The van der Waals surface area contributed by atoms with Crippen molar-refractivity contribution in [3.05, 3.63) is 99.7 Å². The molecule has 0 spiro atoms. The maximum Gasteiger partial charge on any atom is 0.136 e. The van der Waals surface area contributed by atoms with Crippen molar-refractivity contribution in [1.29, 1.82) is 0 Å². The summed E-state index contributed by atoms with van der Waals surface area (Å²) in [7, 11) is 6.08. The van der Waals surface area contributed by atoms with Gasteiger partial charge >= 0.3 is 0 Å². The predicted octanol–water partition coefficient (Wildman–Crippen LogP) is 8.01. The third kappa shape index (κ3) is 11.8. The van der Waals surface area contributed by atoms with Crippen molar-refractivity contribution in [3.63, 3.8) is 0 Å². The predicted molar refractivity (Wildman–Crippen MR) is 231 cm³/mol. The number of nitrogens with zero attached hydrogens (tertiary/aromatic N) is 5. The van der Waals surface area contributed by atoms with Gasteiger partial charge in [-0.25, -0.2) is 9.37 Å². The van der Waals surface area contributed by atoms with E-state index in [1.54, 1.807) is 6.07 Å². The van der Waals surface area contributed by atoms with Gasteiger partial charge in [0.05, 0.1) is 25.0 Å². The van der Waals surface area contributed by atoms with Crippen LogP contribution in [-0.4, -0.2) is 107 Å². The fraction of sp³-hybridized carbons (Fsp3) is 0.533. The topological polar surface area (TPSA) is 81.1 Å². The molecule has 3 aromatic carbocycles. The number of aliphatic hydroxyl groups excluding tert-OH is 1. The lowest BCUT2D eigenvalue weighted by Crippen LogP contribution is -2.61. The highest BCUT2D eigenvalue weighted by Gasteiger charge is 2.37. The molecule has 3 heterocycles. The molecule has 5 atom stereocenters. The SMILES string of the molecule is CCC[C@@H]1CCN(Cc2c(F)cc(Cl)cc2Oc2ccc(-c3cnc(CN(C)C)n3C)cc2)[C@@H](C)CN[C@H](CO)CN[C@@]2(Cc3ccc(Cl)cc3)CCCN(C1)C2. The molecule has 6 rings (SSSR count). The highest BCUT2D eigenvalue weighted by molar-refractivity contribution is 6.31. The zero-order valence-corrected chi connectivity index (χ0v) is 35.9. The van der Waals surface area contributed by atoms with Crippen molar-refractivity contribution >= 4 is 23.2 Å². The van der Waals surface area contributed by atoms with Crippen molar-refractivity contribution in [2.45, 2.75) is 83.1 Å². The summed E-state index contributed by atoms with van der Waals surface area (Å²) in [6, 6.07) is 19.1. The summed E-state index contributed by atoms with van der Waals surface area (Å²) in [5.41, 5.74) is 3.67. The minimum absolute atomic E-state index is 0.0134. The number of halogens is 3. The van der Waals surface area contributed by atoms with Gasteiger partial charge in [-0.1, -0.05) is 48.7 Å². The molecular formula is C45H62Cl2FN7O2. The number of aromatic nitrogens is 2. The molecule has 2 aliphatic rings. The Kier molecular flexibility index (Phi) is 15.5. The molecule has 0 saturated carbocycles. The Hall–Kier alpha value is -3.06. The lowest BCUT2D eigenvalue weighted by Gasteiger charge is -2.46. The second-order valence-corrected chi connectivity index (χ2v) is 17.6. The van der Waals surface area contributed by atoms with Gasteiger partial charge in [0.25, 0.3) is 0 Å². The van der Waals surface area contributed by atoms with Gasteiger partial charge in [-0.05, 0) is 126 Å². The van der Waals surface area contributed by atoms with Gasteiger partial charge in [0.15, 0.2) is 0 Å². The summed E-state index contributed by atoms with van der Waals surface area (Å²) in [5, 5.41) is 19.2. The van der Waals surface area contributed by atoms with E-state index in [0.29, 0.717) is 42.6 Å². The molecule has 1 aromatic heterocycles. The van der Waals surface area contributed by atoms with Gasteiger partial charge < -0.3 is 34.8 Å². The zero-order chi connectivity index (χ0) is 40.5. The van der Waals surface area contributed by atoms with Gasteiger partial charge in [-0.15, -0.1) is 0 Å². The summed E-state index contributed by atoms with van der Waals surface area (Å²) in [4.78, 5) is 11.7. The van der Waals surface area contributed by atoms with Gasteiger partial charge in [0, 0.05) is 78.6 Å². The zero-order valence-electron chi connectivity index (χ0n) is 34.4. The lowest BCUT2D eigenvalue weighted by atomic mass is 9.82. The summed E-state index contributed by atoms with van der Waals surface area (Å²) < 4.78 is 24.6. The maximum absolute atomic E-state index is 16.1. The standard InChI is InChI=1S/C45H62Cl2FN7O2/c1-6-8-34-17-20-55(32(2)24-49-38(30-56)25-51-45(18-7-19-54(27-34)31-45)23-33-9-13-36(46)14-10-33)28-40-41(48)21-37(47)22-43(40)57-39-15-11-35(12-16-39)42-26-50-44(53(42)5)29-52(3)4/h9-16,21-22,26,32,34,38,49,51,56H,6-8,17-20,23-25,27-31H2,1-5H3/t32-,34+,38-,45+/m0/s1. The minimum atomic E-state index is -0.384. The molecule has 57 heavy (non-hydrogen) atoms. The van der Waals surface area contributed by atoms with Crippen molar-refractivity contribution in [3.8, 4) is 22.8 Å². The van der Waals surface area contributed by atoms with Crippen LogP contribution in [0.4, 0.5) is 4.39 Å². The van der Waals surface area contributed by atoms with E-state index in [4.69, 9.17) is 27.9 Å². The second-order valence-electron chi connectivity index (χ2n) is 16.7. The van der Waals surface area contributed by atoms with E-state index in [0.717, 1.165) is 93.4 Å². The number of benzene rings is 3. The maximum atomic E-state index is 16.1. The van der Waals surface area contributed by atoms with Gasteiger partial charge in [-0.2, -0.15) is 0 Å². The molecule has 3 N–H and O–H groups in total. The van der Waals surface area contributed by atoms with Crippen LogP contribution in [0.5, 0.6) is 11.5 Å². The van der Waals surface area contributed by atoms with Crippen LogP contribution in [0.1, 0.15) is 62.9 Å². The molecule has 310 valence electrons. The first-order valence-electron chi connectivity index (χ1n) is 20.7. The van der Waals surface area contributed by atoms with Crippen molar-refractivity contribution in [2.24, 2.45) is 13.0 Å². The van der Waals surface area contributed by atoms with Crippen molar-refractivity contribution in [1.82, 2.24) is 34.9 Å². The molecule has 0 amide bonds. The molecule has 2 fully saturated rings. The van der Waals surface area contributed by atoms with Gasteiger partial charge in [-0.3, -0.25) is 4.90 Å².